The number of hydrogen-bond donors (Lipinski definition) is 1. The molecule has 3 rings (SSSR count). The van der Waals surface area contributed by atoms with Crippen molar-refractivity contribution >= 4 is 23.2 Å². The Kier molecular flexibility index (Phi) is 6.04. The van der Waals surface area contributed by atoms with Crippen LogP contribution in [0.4, 0.5) is 5.69 Å². The Morgan fingerprint density at radius 3 is 2.69 bits per heavy atom. The quantitative estimate of drug-likeness (QED) is 0.659. The first kappa shape index (κ1) is 18.6. The summed E-state index contributed by atoms with van der Waals surface area (Å²) in [6.45, 7) is 6.80. The van der Waals surface area contributed by atoms with Crippen LogP contribution in [0, 0.1) is 6.92 Å². The number of halogens is 1. The molecule has 2 aromatic rings. The molecule has 0 unspecified atom stereocenters. The molecule has 1 saturated heterocycles. The molecule has 140 valence electrons. The molecule has 1 N–H and O–H groups in total. The lowest BCUT2D eigenvalue weighted by atomic mass is 10.1. The first-order chi connectivity index (χ1) is 12.6. The van der Waals surface area contributed by atoms with E-state index in [-0.39, 0.29) is 0 Å². The van der Waals surface area contributed by atoms with Gasteiger partial charge in [0.2, 0.25) is 0 Å². The van der Waals surface area contributed by atoms with Crippen molar-refractivity contribution in [2.45, 2.75) is 13.3 Å². The molecule has 1 aromatic heterocycles. The van der Waals surface area contributed by atoms with Gasteiger partial charge in [-0.1, -0.05) is 17.7 Å². The highest BCUT2D eigenvalue weighted by Crippen LogP contribution is 2.25. The van der Waals surface area contributed by atoms with Gasteiger partial charge >= 0.3 is 0 Å². The van der Waals surface area contributed by atoms with Gasteiger partial charge in [0.1, 0.15) is 0 Å². The van der Waals surface area contributed by atoms with Crippen molar-refractivity contribution in [2.24, 2.45) is 12.0 Å². The van der Waals surface area contributed by atoms with Crippen molar-refractivity contribution in [1.82, 2.24) is 20.0 Å². The van der Waals surface area contributed by atoms with Crippen LogP contribution in [0.25, 0.3) is 0 Å². The van der Waals surface area contributed by atoms with E-state index in [1.165, 1.54) is 16.8 Å². The maximum Gasteiger partial charge on any atom is 0.193 e. The summed E-state index contributed by atoms with van der Waals surface area (Å²) < 4.78 is 1.83. The number of nitrogens with zero attached hydrogens (tertiary/aromatic N) is 5. The largest absolute Gasteiger partial charge is 0.368 e. The molecule has 7 heteroatoms. The van der Waals surface area contributed by atoms with E-state index in [1.54, 1.807) is 0 Å². The fourth-order valence-electron chi connectivity index (χ4n) is 3.33. The number of aryl methyl sites for hydroxylation is 2. The Labute approximate surface area is 160 Å². The van der Waals surface area contributed by atoms with Gasteiger partial charge in [0.05, 0.1) is 6.20 Å². The number of piperazine rings is 1. The van der Waals surface area contributed by atoms with Gasteiger partial charge in [-0.2, -0.15) is 5.10 Å². The van der Waals surface area contributed by atoms with Crippen LogP contribution >= 0.6 is 11.6 Å². The van der Waals surface area contributed by atoms with E-state index in [0.29, 0.717) is 0 Å². The van der Waals surface area contributed by atoms with Gasteiger partial charge in [-0.05, 0) is 36.6 Å². The number of hydrogen-bond acceptors (Lipinski definition) is 3. The van der Waals surface area contributed by atoms with Crippen molar-refractivity contribution in [1.29, 1.82) is 0 Å². The van der Waals surface area contributed by atoms with Gasteiger partial charge < -0.3 is 15.1 Å². The average Bonchev–Trinajstić information content (AvgIpc) is 3.06. The first-order valence-electron chi connectivity index (χ1n) is 9.01. The maximum atomic E-state index is 6.17. The van der Waals surface area contributed by atoms with Gasteiger partial charge in [-0.25, -0.2) is 0 Å². The summed E-state index contributed by atoms with van der Waals surface area (Å²) in [6.07, 6.45) is 4.90. The lowest BCUT2D eigenvalue weighted by molar-refractivity contribution is 0.373. The third-order valence-electron chi connectivity index (χ3n) is 4.76. The van der Waals surface area contributed by atoms with Crippen LogP contribution in [-0.2, 0) is 13.5 Å². The van der Waals surface area contributed by atoms with Gasteiger partial charge in [0.25, 0.3) is 0 Å². The van der Waals surface area contributed by atoms with Crippen molar-refractivity contribution in [2.75, 3.05) is 44.7 Å². The first-order valence-corrected chi connectivity index (χ1v) is 9.39. The zero-order chi connectivity index (χ0) is 18.5. The zero-order valence-corrected chi connectivity index (χ0v) is 16.5. The van der Waals surface area contributed by atoms with E-state index in [2.05, 4.69) is 50.5 Å². The van der Waals surface area contributed by atoms with Crippen LogP contribution in [0.3, 0.4) is 0 Å². The minimum absolute atomic E-state index is 0.793. The number of nitrogens with one attached hydrogen (secondary N) is 1. The monoisotopic (exact) mass is 374 g/mol. The Morgan fingerprint density at radius 2 is 2.04 bits per heavy atom. The molecule has 0 bridgehead atoms. The predicted molar refractivity (Wildman–Crippen MR) is 108 cm³/mol. The van der Waals surface area contributed by atoms with Crippen molar-refractivity contribution in [3.8, 4) is 0 Å². The Bertz CT molecular complexity index is 761. The van der Waals surface area contributed by atoms with E-state index in [1.807, 2.05) is 31.0 Å². The van der Waals surface area contributed by atoms with Gasteiger partial charge in [-0.3, -0.25) is 9.67 Å². The Morgan fingerprint density at radius 1 is 1.27 bits per heavy atom. The van der Waals surface area contributed by atoms with Gasteiger partial charge in [-0.15, -0.1) is 0 Å². The summed E-state index contributed by atoms with van der Waals surface area (Å²) in [7, 11) is 3.79. The lowest BCUT2D eigenvalue weighted by Crippen LogP contribution is -2.53. The number of aliphatic imine (C=N–C) groups is 1. The van der Waals surface area contributed by atoms with Crippen LogP contribution in [0.2, 0.25) is 5.02 Å². The summed E-state index contributed by atoms with van der Waals surface area (Å²) in [4.78, 5) is 9.17. The minimum Gasteiger partial charge on any atom is -0.368 e. The van der Waals surface area contributed by atoms with Crippen LogP contribution in [0.1, 0.15) is 11.1 Å². The smallest absolute Gasteiger partial charge is 0.193 e. The molecule has 0 atom stereocenters. The van der Waals surface area contributed by atoms with Crippen molar-refractivity contribution in [3.63, 3.8) is 0 Å². The van der Waals surface area contributed by atoms with Crippen molar-refractivity contribution in [3.05, 3.63) is 46.7 Å². The molecule has 0 aliphatic carbocycles. The van der Waals surface area contributed by atoms with E-state index >= 15 is 0 Å². The highest BCUT2D eigenvalue weighted by molar-refractivity contribution is 6.30. The van der Waals surface area contributed by atoms with Crippen LogP contribution < -0.4 is 10.2 Å². The normalized spacial score (nSPS) is 15.5. The molecule has 0 spiro atoms. The second kappa shape index (κ2) is 8.45. The molecular formula is C19H27ClN6. The third-order valence-corrected chi connectivity index (χ3v) is 4.99. The number of rotatable bonds is 4. The van der Waals surface area contributed by atoms with Crippen LogP contribution in [0.5, 0.6) is 0 Å². The topological polar surface area (TPSA) is 48.7 Å². The Balaban J connectivity index is 1.51. The second-order valence-corrected chi connectivity index (χ2v) is 7.09. The molecule has 1 aliphatic rings. The summed E-state index contributed by atoms with van der Waals surface area (Å²) in [5, 5.41) is 8.47. The fourth-order valence-corrected chi connectivity index (χ4v) is 3.50. The summed E-state index contributed by atoms with van der Waals surface area (Å²) in [6, 6.07) is 6.10. The van der Waals surface area contributed by atoms with E-state index in [9.17, 15) is 0 Å². The van der Waals surface area contributed by atoms with Crippen LogP contribution in [-0.4, -0.2) is 60.4 Å². The molecular weight excluding hydrogens is 348 g/mol. The van der Waals surface area contributed by atoms with Crippen molar-refractivity contribution < 1.29 is 0 Å². The third kappa shape index (κ3) is 4.49. The van der Waals surface area contributed by atoms with E-state index in [4.69, 9.17) is 11.6 Å². The molecule has 6 nitrogen and oxygen atoms in total. The zero-order valence-electron chi connectivity index (χ0n) is 15.7. The Hall–Kier alpha value is -2.21. The SMILES string of the molecule is CN=C(NCCc1cnn(C)c1)N1CCN(c2cc(Cl)ccc2C)CC1. The number of benzene rings is 1. The number of anilines is 1. The molecule has 0 saturated carbocycles. The number of guanidine groups is 1. The maximum absolute atomic E-state index is 6.17. The molecule has 26 heavy (non-hydrogen) atoms. The summed E-state index contributed by atoms with van der Waals surface area (Å²) >= 11 is 6.17. The number of aromatic nitrogens is 2. The molecule has 0 amide bonds. The average molecular weight is 375 g/mol. The molecule has 2 heterocycles. The lowest BCUT2D eigenvalue weighted by Gasteiger charge is -2.38. The molecule has 1 fully saturated rings. The highest BCUT2D eigenvalue weighted by atomic mass is 35.5. The minimum atomic E-state index is 0.793. The second-order valence-electron chi connectivity index (χ2n) is 6.65. The molecule has 1 aliphatic heterocycles. The van der Waals surface area contributed by atoms with E-state index in [0.717, 1.165) is 50.1 Å². The fraction of sp³-hybridized carbons (Fsp3) is 0.474. The molecule has 1 aromatic carbocycles. The van der Waals surface area contributed by atoms with Crippen LogP contribution in [0.15, 0.2) is 35.6 Å². The highest BCUT2D eigenvalue weighted by Gasteiger charge is 2.20. The van der Waals surface area contributed by atoms with E-state index < -0.39 is 0 Å². The molecule has 0 radical (unpaired) electrons. The summed E-state index contributed by atoms with van der Waals surface area (Å²) in [5.41, 5.74) is 3.73. The standard InChI is InChI=1S/C19H27ClN6/c1-15-4-5-17(20)12-18(15)25-8-10-26(11-9-25)19(21-2)22-7-6-16-13-23-24(3)14-16/h4-5,12-14H,6-11H2,1-3H3,(H,21,22). The van der Waals surface area contributed by atoms with Gasteiger partial charge in [0.15, 0.2) is 5.96 Å². The summed E-state index contributed by atoms with van der Waals surface area (Å²) in [5.74, 6) is 0.969. The predicted octanol–water partition coefficient (Wildman–Crippen LogP) is 2.32. The van der Waals surface area contributed by atoms with Gasteiger partial charge in [0, 0.05) is 63.7 Å².